The average molecular weight is 285 g/mol. The van der Waals surface area contributed by atoms with E-state index in [-0.39, 0.29) is 5.91 Å². The number of nitrogens with one attached hydrogen (secondary N) is 1. The molecule has 0 unspecified atom stereocenters. The highest BCUT2D eigenvalue weighted by Crippen LogP contribution is 2.23. The van der Waals surface area contributed by atoms with Gasteiger partial charge in [0.05, 0.1) is 9.96 Å². The van der Waals surface area contributed by atoms with E-state index in [2.05, 4.69) is 33.0 Å². The fourth-order valence-electron chi connectivity index (χ4n) is 2.01. The maximum atomic E-state index is 11.8. The largest absolute Gasteiger partial charge is 0.355 e. The third-order valence-electron chi connectivity index (χ3n) is 3.09. The molecule has 0 saturated carbocycles. The first kappa shape index (κ1) is 15.6. The third-order valence-corrected chi connectivity index (χ3v) is 5.22. The summed E-state index contributed by atoms with van der Waals surface area (Å²) in [4.78, 5) is 11.8. The lowest BCUT2D eigenvalue weighted by Crippen LogP contribution is -2.34. The summed E-state index contributed by atoms with van der Waals surface area (Å²) in [5, 5.41) is 5.09. The van der Waals surface area contributed by atoms with Crippen LogP contribution in [0.4, 0.5) is 0 Å². The van der Waals surface area contributed by atoms with Gasteiger partial charge in [-0.05, 0) is 29.2 Å². The molecule has 0 aliphatic heterocycles. The Kier molecular flexibility index (Phi) is 6.79. The molecule has 18 heavy (non-hydrogen) atoms. The molecule has 1 N–H and O–H groups in total. The van der Waals surface area contributed by atoms with E-state index in [1.54, 1.807) is 23.1 Å². The van der Waals surface area contributed by atoms with Crippen molar-refractivity contribution in [3.05, 3.63) is 17.5 Å². The normalized spacial score (nSPS) is 11.5. The minimum Gasteiger partial charge on any atom is -0.355 e. The summed E-state index contributed by atoms with van der Waals surface area (Å²) in [6, 6.07) is 4.06. The molecule has 0 radical (unpaired) electrons. The van der Waals surface area contributed by atoms with Crippen LogP contribution >= 0.6 is 23.1 Å². The van der Waals surface area contributed by atoms with Crippen molar-refractivity contribution in [3.8, 4) is 0 Å². The molecule has 0 aliphatic carbocycles. The quantitative estimate of drug-likeness (QED) is 0.770. The van der Waals surface area contributed by atoms with Gasteiger partial charge in [0.15, 0.2) is 0 Å². The summed E-state index contributed by atoms with van der Waals surface area (Å²) >= 11 is 3.29. The Morgan fingerprint density at radius 1 is 1.33 bits per heavy atom. The highest BCUT2D eigenvalue weighted by Gasteiger charge is 2.18. The monoisotopic (exact) mass is 285 g/mol. The molecule has 1 rings (SSSR count). The van der Waals surface area contributed by atoms with Crippen LogP contribution in [0.15, 0.2) is 21.7 Å². The molecular formula is C14H23NOS2. The molecule has 0 spiro atoms. The number of thioether (sulfide) groups is 1. The second-order valence-electron chi connectivity index (χ2n) is 5.18. The van der Waals surface area contributed by atoms with E-state index in [4.69, 9.17) is 0 Å². The van der Waals surface area contributed by atoms with Crippen molar-refractivity contribution in [3.63, 3.8) is 0 Å². The minimum absolute atomic E-state index is 0.139. The number of amides is 1. The van der Waals surface area contributed by atoms with Gasteiger partial charge in [0.1, 0.15) is 0 Å². The van der Waals surface area contributed by atoms with E-state index >= 15 is 0 Å². The van der Waals surface area contributed by atoms with Crippen molar-refractivity contribution >= 4 is 29.0 Å². The summed E-state index contributed by atoms with van der Waals surface area (Å²) in [5.74, 6) is 2.43. The molecule has 1 amide bonds. The van der Waals surface area contributed by atoms with E-state index in [0.29, 0.717) is 23.5 Å². The van der Waals surface area contributed by atoms with Crippen molar-refractivity contribution in [2.24, 2.45) is 17.8 Å². The van der Waals surface area contributed by atoms with Gasteiger partial charge in [-0.25, -0.2) is 0 Å². The molecule has 2 nitrogen and oxygen atoms in total. The summed E-state index contributed by atoms with van der Waals surface area (Å²) in [7, 11) is 0. The third kappa shape index (κ3) is 5.44. The van der Waals surface area contributed by atoms with Gasteiger partial charge in [-0.2, -0.15) is 0 Å². The number of hydrogen-bond donors (Lipinski definition) is 1. The fraction of sp³-hybridized carbons (Fsp3) is 0.643. The lowest BCUT2D eigenvalue weighted by atomic mass is 9.85. The Balaban J connectivity index is 2.27. The van der Waals surface area contributed by atoms with E-state index < -0.39 is 0 Å². The molecule has 0 aliphatic rings. The predicted octanol–water partition coefficient (Wildman–Crippen LogP) is 3.88. The van der Waals surface area contributed by atoms with E-state index in [1.807, 2.05) is 17.5 Å². The van der Waals surface area contributed by atoms with E-state index in [9.17, 15) is 4.79 Å². The van der Waals surface area contributed by atoms with Gasteiger partial charge >= 0.3 is 0 Å². The Hall–Kier alpha value is -0.480. The van der Waals surface area contributed by atoms with Crippen molar-refractivity contribution in [1.82, 2.24) is 5.32 Å². The van der Waals surface area contributed by atoms with Crippen molar-refractivity contribution in [1.29, 1.82) is 0 Å². The van der Waals surface area contributed by atoms with Crippen LogP contribution in [-0.2, 0) is 4.79 Å². The molecule has 1 heterocycles. The van der Waals surface area contributed by atoms with Crippen LogP contribution < -0.4 is 5.32 Å². The van der Waals surface area contributed by atoms with Crippen LogP contribution in [0.25, 0.3) is 0 Å². The Bertz CT molecular complexity index is 339. The molecule has 0 aromatic carbocycles. The molecule has 1 aromatic rings. The molecule has 4 heteroatoms. The van der Waals surface area contributed by atoms with Gasteiger partial charge in [-0.1, -0.05) is 33.8 Å². The number of hydrogen-bond acceptors (Lipinski definition) is 3. The second kappa shape index (κ2) is 7.85. The second-order valence-corrected chi connectivity index (χ2v) is 7.40. The maximum absolute atomic E-state index is 11.8. The van der Waals surface area contributed by atoms with Gasteiger partial charge in [-0.3, -0.25) is 4.79 Å². The number of rotatable bonds is 7. The maximum Gasteiger partial charge on any atom is 0.230 e. The Morgan fingerprint density at radius 2 is 2.00 bits per heavy atom. The summed E-state index contributed by atoms with van der Waals surface area (Å²) in [6.07, 6.45) is 0. The topological polar surface area (TPSA) is 29.1 Å². The van der Waals surface area contributed by atoms with Crippen LogP contribution in [-0.4, -0.2) is 18.2 Å². The molecule has 1 aromatic heterocycles. The predicted molar refractivity (Wildman–Crippen MR) is 81.2 cm³/mol. The Morgan fingerprint density at radius 3 is 2.50 bits per heavy atom. The lowest BCUT2D eigenvalue weighted by molar-refractivity contribution is -0.118. The zero-order chi connectivity index (χ0) is 13.5. The SMILES string of the molecule is CC(C)C(CNC(=O)CSc1cccs1)C(C)C. The first-order chi connectivity index (χ1) is 8.50. The zero-order valence-corrected chi connectivity index (χ0v) is 13.2. The highest BCUT2D eigenvalue weighted by molar-refractivity contribution is 8.01. The van der Waals surface area contributed by atoms with Crippen LogP contribution in [0.5, 0.6) is 0 Å². The fourth-order valence-corrected chi connectivity index (χ4v) is 3.62. The smallest absolute Gasteiger partial charge is 0.230 e. The minimum atomic E-state index is 0.139. The van der Waals surface area contributed by atoms with Gasteiger partial charge in [-0.15, -0.1) is 23.1 Å². The summed E-state index contributed by atoms with van der Waals surface area (Å²) in [6.45, 7) is 9.67. The average Bonchev–Trinajstić information content (AvgIpc) is 2.78. The number of carbonyl (C=O) groups excluding carboxylic acids is 1. The first-order valence-electron chi connectivity index (χ1n) is 6.43. The van der Waals surface area contributed by atoms with Gasteiger partial charge in [0.25, 0.3) is 0 Å². The van der Waals surface area contributed by atoms with Crippen molar-refractivity contribution in [2.45, 2.75) is 31.9 Å². The molecule has 0 saturated heterocycles. The van der Waals surface area contributed by atoms with E-state index in [0.717, 1.165) is 6.54 Å². The standard InChI is InChI=1S/C14H23NOS2/c1-10(2)12(11(3)4)8-15-13(16)9-18-14-6-5-7-17-14/h5-7,10-12H,8-9H2,1-4H3,(H,15,16). The summed E-state index contributed by atoms with van der Waals surface area (Å²) < 4.78 is 1.20. The molecular weight excluding hydrogens is 262 g/mol. The van der Waals surface area contributed by atoms with Crippen LogP contribution in [0.1, 0.15) is 27.7 Å². The first-order valence-corrected chi connectivity index (χ1v) is 8.30. The number of carbonyl (C=O) groups is 1. The number of thiophene rings is 1. The van der Waals surface area contributed by atoms with Crippen LogP contribution in [0.2, 0.25) is 0 Å². The lowest BCUT2D eigenvalue weighted by Gasteiger charge is -2.25. The van der Waals surface area contributed by atoms with Crippen LogP contribution in [0, 0.1) is 17.8 Å². The molecule has 0 atom stereocenters. The van der Waals surface area contributed by atoms with Crippen LogP contribution in [0.3, 0.4) is 0 Å². The molecule has 0 fully saturated rings. The zero-order valence-electron chi connectivity index (χ0n) is 11.6. The van der Waals surface area contributed by atoms with E-state index in [1.165, 1.54) is 4.21 Å². The van der Waals surface area contributed by atoms with Gasteiger partial charge in [0, 0.05) is 6.54 Å². The van der Waals surface area contributed by atoms with Crippen molar-refractivity contribution < 1.29 is 4.79 Å². The van der Waals surface area contributed by atoms with Gasteiger partial charge < -0.3 is 5.32 Å². The highest BCUT2D eigenvalue weighted by atomic mass is 32.2. The Labute approximate surface area is 119 Å². The molecule has 0 bridgehead atoms. The summed E-state index contributed by atoms with van der Waals surface area (Å²) in [5.41, 5.74) is 0. The molecule has 102 valence electrons. The van der Waals surface area contributed by atoms with Gasteiger partial charge in [0.2, 0.25) is 5.91 Å². The van der Waals surface area contributed by atoms with Crippen molar-refractivity contribution in [2.75, 3.05) is 12.3 Å².